The smallest absolute Gasteiger partial charge is 0.225 e. The Morgan fingerprint density at radius 2 is 1.67 bits per heavy atom. The van der Waals surface area contributed by atoms with Crippen molar-refractivity contribution >= 4 is 5.95 Å². The summed E-state index contributed by atoms with van der Waals surface area (Å²) in [7, 11) is 0. The summed E-state index contributed by atoms with van der Waals surface area (Å²) in [4.78, 5) is 11.7. The van der Waals surface area contributed by atoms with E-state index < -0.39 is 0 Å². The third-order valence-electron chi connectivity index (χ3n) is 2.31. The van der Waals surface area contributed by atoms with Gasteiger partial charge in [-0.25, -0.2) is 15.0 Å². The highest BCUT2D eigenvalue weighted by Gasteiger charge is 1.93. The molecule has 84 valence electrons. The Hall–Kier alpha value is -1.19. The van der Waals surface area contributed by atoms with E-state index in [0.717, 1.165) is 6.54 Å². The van der Waals surface area contributed by atoms with Gasteiger partial charge in [-0.05, 0) is 6.42 Å². The summed E-state index contributed by atoms with van der Waals surface area (Å²) in [5, 5.41) is 3.17. The Kier molecular flexibility index (Phi) is 6.45. The number of nitrogens with one attached hydrogen (secondary N) is 1. The largest absolute Gasteiger partial charge is 0.354 e. The molecule has 0 saturated carbocycles. The predicted molar refractivity (Wildman–Crippen MR) is 61.7 cm³/mol. The lowest BCUT2D eigenvalue weighted by Gasteiger charge is -2.03. The third-order valence-corrected chi connectivity index (χ3v) is 2.31. The molecule has 0 saturated heterocycles. The van der Waals surface area contributed by atoms with Gasteiger partial charge in [-0.1, -0.05) is 39.0 Å². The lowest BCUT2D eigenvalue weighted by molar-refractivity contribution is 0.616. The number of hydrogen-bond acceptors (Lipinski definition) is 4. The molecule has 1 N–H and O–H groups in total. The van der Waals surface area contributed by atoms with Crippen molar-refractivity contribution in [3.8, 4) is 0 Å². The summed E-state index contributed by atoms with van der Waals surface area (Å²) < 4.78 is 0. The molecule has 0 spiro atoms. The number of anilines is 1. The number of hydrogen-bond donors (Lipinski definition) is 1. The summed E-state index contributed by atoms with van der Waals surface area (Å²) in [5.74, 6) is 0.679. The van der Waals surface area contributed by atoms with E-state index in [1.807, 2.05) is 0 Å². The highest BCUT2D eigenvalue weighted by molar-refractivity contribution is 5.19. The molecule has 1 rings (SSSR count). The second-order valence-corrected chi connectivity index (χ2v) is 3.66. The van der Waals surface area contributed by atoms with Gasteiger partial charge in [0.15, 0.2) is 0 Å². The van der Waals surface area contributed by atoms with Crippen molar-refractivity contribution in [2.75, 3.05) is 11.9 Å². The van der Waals surface area contributed by atoms with Crippen LogP contribution in [-0.2, 0) is 0 Å². The van der Waals surface area contributed by atoms with Crippen molar-refractivity contribution in [3.05, 3.63) is 12.7 Å². The van der Waals surface area contributed by atoms with Crippen LogP contribution in [0.3, 0.4) is 0 Å². The molecule has 0 unspecified atom stereocenters. The SMILES string of the molecule is CCCCCCCCNc1ncncn1. The molecule has 0 aliphatic rings. The van der Waals surface area contributed by atoms with Crippen LogP contribution in [0.2, 0.25) is 0 Å². The zero-order valence-corrected chi connectivity index (χ0v) is 9.45. The van der Waals surface area contributed by atoms with Gasteiger partial charge in [0.25, 0.3) is 0 Å². The number of aromatic nitrogens is 3. The average Bonchev–Trinajstić information content (AvgIpc) is 2.29. The lowest BCUT2D eigenvalue weighted by Crippen LogP contribution is -2.05. The van der Waals surface area contributed by atoms with Crippen LogP contribution < -0.4 is 5.32 Å². The van der Waals surface area contributed by atoms with E-state index in [0.29, 0.717) is 5.95 Å². The summed E-state index contributed by atoms with van der Waals surface area (Å²) >= 11 is 0. The molecule has 4 heteroatoms. The average molecular weight is 208 g/mol. The van der Waals surface area contributed by atoms with Crippen molar-refractivity contribution in [2.24, 2.45) is 0 Å². The molecule has 0 aromatic carbocycles. The zero-order chi connectivity index (χ0) is 10.8. The van der Waals surface area contributed by atoms with E-state index in [1.165, 1.54) is 51.2 Å². The van der Waals surface area contributed by atoms with Crippen LogP contribution in [0.4, 0.5) is 5.95 Å². The van der Waals surface area contributed by atoms with Gasteiger partial charge in [0, 0.05) is 6.54 Å². The van der Waals surface area contributed by atoms with Crippen molar-refractivity contribution in [1.82, 2.24) is 15.0 Å². The first-order valence-electron chi connectivity index (χ1n) is 5.79. The molecule has 0 radical (unpaired) electrons. The van der Waals surface area contributed by atoms with Crippen LogP contribution in [0.1, 0.15) is 45.4 Å². The first-order valence-corrected chi connectivity index (χ1v) is 5.79. The molecule has 15 heavy (non-hydrogen) atoms. The van der Waals surface area contributed by atoms with E-state index in [9.17, 15) is 0 Å². The van der Waals surface area contributed by atoms with Gasteiger partial charge in [-0.2, -0.15) is 0 Å². The first kappa shape index (κ1) is 11.9. The van der Waals surface area contributed by atoms with Crippen LogP contribution in [0, 0.1) is 0 Å². The van der Waals surface area contributed by atoms with Crippen LogP contribution in [0.25, 0.3) is 0 Å². The van der Waals surface area contributed by atoms with E-state index in [-0.39, 0.29) is 0 Å². The van der Waals surface area contributed by atoms with Crippen LogP contribution >= 0.6 is 0 Å². The highest BCUT2D eigenvalue weighted by Crippen LogP contribution is 2.04. The standard InChI is InChI=1S/C11H20N4/c1-2-3-4-5-6-7-8-13-11-14-9-12-10-15-11/h9-10H,2-8H2,1H3,(H,12,13,14,15). The molecule has 0 aliphatic heterocycles. The van der Waals surface area contributed by atoms with Crippen molar-refractivity contribution in [1.29, 1.82) is 0 Å². The van der Waals surface area contributed by atoms with Gasteiger partial charge in [-0.3, -0.25) is 0 Å². The molecular weight excluding hydrogens is 188 g/mol. The van der Waals surface area contributed by atoms with Crippen LogP contribution in [-0.4, -0.2) is 21.5 Å². The maximum atomic E-state index is 3.99. The van der Waals surface area contributed by atoms with Gasteiger partial charge >= 0.3 is 0 Å². The van der Waals surface area contributed by atoms with Crippen LogP contribution in [0.5, 0.6) is 0 Å². The van der Waals surface area contributed by atoms with E-state index in [4.69, 9.17) is 0 Å². The Labute approximate surface area is 91.6 Å². The number of nitrogens with zero attached hydrogens (tertiary/aromatic N) is 3. The van der Waals surface area contributed by atoms with Gasteiger partial charge in [0.2, 0.25) is 5.95 Å². The molecule has 1 heterocycles. The lowest BCUT2D eigenvalue weighted by atomic mass is 10.1. The molecule has 0 aliphatic carbocycles. The maximum absolute atomic E-state index is 3.99. The third kappa shape index (κ3) is 5.99. The zero-order valence-electron chi connectivity index (χ0n) is 9.45. The van der Waals surface area contributed by atoms with Gasteiger partial charge in [-0.15, -0.1) is 0 Å². The number of rotatable bonds is 8. The normalized spacial score (nSPS) is 10.2. The summed E-state index contributed by atoms with van der Waals surface area (Å²) in [6, 6.07) is 0. The molecule has 0 bridgehead atoms. The summed E-state index contributed by atoms with van der Waals surface area (Å²) in [6.07, 6.45) is 10.9. The minimum atomic E-state index is 0.679. The highest BCUT2D eigenvalue weighted by atomic mass is 15.1. The molecule has 1 aromatic rings. The Bertz CT molecular complexity index is 238. The fourth-order valence-electron chi connectivity index (χ4n) is 1.44. The molecule has 4 nitrogen and oxygen atoms in total. The van der Waals surface area contributed by atoms with E-state index >= 15 is 0 Å². The van der Waals surface area contributed by atoms with Crippen molar-refractivity contribution in [2.45, 2.75) is 45.4 Å². The molecular formula is C11H20N4. The second-order valence-electron chi connectivity index (χ2n) is 3.66. The van der Waals surface area contributed by atoms with Crippen molar-refractivity contribution in [3.63, 3.8) is 0 Å². The Morgan fingerprint density at radius 1 is 1.00 bits per heavy atom. The summed E-state index contributed by atoms with van der Waals surface area (Å²) in [5.41, 5.74) is 0. The van der Waals surface area contributed by atoms with E-state index in [2.05, 4.69) is 27.2 Å². The number of unbranched alkanes of at least 4 members (excludes halogenated alkanes) is 5. The quantitative estimate of drug-likeness (QED) is 0.667. The summed E-state index contributed by atoms with van der Waals surface area (Å²) in [6.45, 7) is 3.19. The molecule has 0 fully saturated rings. The van der Waals surface area contributed by atoms with Gasteiger partial charge < -0.3 is 5.32 Å². The van der Waals surface area contributed by atoms with E-state index in [1.54, 1.807) is 0 Å². The first-order chi connectivity index (χ1) is 7.43. The topological polar surface area (TPSA) is 50.7 Å². The molecule has 0 atom stereocenters. The van der Waals surface area contributed by atoms with Gasteiger partial charge in [0.05, 0.1) is 0 Å². The predicted octanol–water partition coefficient (Wildman–Crippen LogP) is 2.64. The fourth-order valence-corrected chi connectivity index (χ4v) is 1.44. The fraction of sp³-hybridized carbons (Fsp3) is 0.727. The van der Waals surface area contributed by atoms with Crippen molar-refractivity contribution < 1.29 is 0 Å². The monoisotopic (exact) mass is 208 g/mol. The Morgan fingerprint density at radius 3 is 2.40 bits per heavy atom. The Balaban J connectivity index is 1.93. The maximum Gasteiger partial charge on any atom is 0.225 e. The second kappa shape index (κ2) is 8.15. The molecule has 1 aromatic heterocycles. The molecule has 0 amide bonds. The van der Waals surface area contributed by atoms with Gasteiger partial charge in [0.1, 0.15) is 12.7 Å². The minimum Gasteiger partial charge on any atom is -0.354 e. The minimum absolute atomic E-state index is 0.679. The van der Waals surface area contributed by atoms with Crippen LogP contribution in [0.15, 0.2) is 12.7 Å².